The zero-order valence-electron chi connectivity index (χ0n) is 25.9. The fraction of sp³-hybridized carbons (Fsp3) is 0.394. The van der Waals surface area contributed by atoms with E-state index in [-0.39, 0.29) is 17.2 Å². The van der Waals surface area contributed by atoms with Gasteiger partial charge in [-0.2, -0.15) is 18.3 Å². The van der Waals surface area contributed by atoms with Crippen molar-refractivity contribution in [1.82, 2.24) is 20.1 Å². The summed E-state index contributed by atoms with van der Waals surface area (Å²) in [4.78, 5) is 31.0. The topological polar surface area (TPSA) is 114 Å². The Hall–Kier alpha value is -4.45. The van der Waals surface area contributed by atoms with E-state index in [1.165, 1.54) is 6.92 Å². The smallest absolute Gasteiger partial charge is 0.436 e. The van der Waals surface area contributed by atoms with Crippen molar-refractivity contribution < 1.29 is 27.2 Å². The monoisotopic (exact) mass is 622 g/mol. The van der Waals surface area contributed by atoms with Gasteiger partial charge < -0.3 is 15.1 Å². The summed E-state index contributed by atoms with van der Waals surface area (Å²) in [7, 11) is 0. The second kappa shape index (κ2) is 12.5. The lowest BCUT2D eigenvalue weighted by molar-refractivity contribution is -0.153. The Labute approximate surface area is 259 Å². The maximum absolute atomic E-state index is 13.8. The average Bonchev–Trinajstić information content (AvgIpc) is 3.58. The number of hydrogen-bond donors (Lipinski definition) is 3. The highest BCUT2D eigenvalue weighted by atomic mass is 19.4. The van der Waals surface area contributed by atoms with E-state index >= 15 is 0 Å². The Morgan fingerprint density at radius 1 is 1.00 bits per heavy atom. The molecule has 238 valence electrons. The number of piperidine rings is 1. The van der Waals surface area contributed by atoms with Crippen LogP contribution in [0.4, 0.5) is 29.5 Å². The Kier molecular flexibility index (Phi) is 8.88. The number of rotatable bonds is 7. The molecule has 9 nitrogen and oxygen atoms in total. The summed E-state index contributed by atoms with van der Waals surface area (Å²) < 4.78 is 47.8. The van der Waals surface area contributed by atoms with Gasteiger partial charge in [-0.3, -0.25) is 10.1 Å². The molecule has 0 radical (unpaired) electrons. The quantitative estimate of drug-likeness (QED) is 0.185. The summed E-state index contributed by atoms with van der Waals surface area (Å²) in [6, 6.07) is 15.7. The fourth-order valence-electron chi connectivity index (χ4n) is 5.56. The Balaban J connectivity index is 1.43. The maximum atomic E-state index is 13.8. The molecule has 0 aliphatic carbocycles. The number of carbonyl (C=O) groups is 2. The molecule has 1 saturated heterocycles. The first-order chi connectivity index (χ1) is 21.2. The molecule has 2 amide bonds. The molecule has 2 aromatic heterocycles. The molecule has 12 heteroatoms. The number of nitrogens with zero attached hydrogens (tertiary/aromatic N) is 3. The first-order valence-electron chi connectivity index (χ1n) is 14.9. The number of halogens is 3. The van der Waals surface area contributed by atoms with Crippen LogP contribution in [0.1, 0.15) is 78.5 Å². The van der Waals surface area contributed by atoms with E-state index in [1.54, 1.807) is 28.9 Å². The third-order valence-electron chi connectivity index (χ3n) is 7.86. The van der Waals surface area contributed by atoms with Gasteiger partial charge in [0.15, 0.2) is 17.4 Å². The summed E-state index contributed by atoms with van der Waals surface area (Å²) in [6.07, 6.45) is -3.69. The van der Waals surface area contributed by atoms with Crippen LogP contribution < -0.4 is 16.0 Å². The van der Waals surface area contributed by atoms with E-state index < -0.39 is 35.4 Å². The van der Waals surface area contributed by atoms with Crippen molar-refractivity contribution in [3.63, 3.8) is 0 Å². The van der Waals surface area contributed by atoms with E-state index in [2.05, 4.69) is 20.9 Å². The summed E-state index contributed by atoms with van der Waals surface area (Å²) in [6.45, 7) is 10.6. The minimum Gasteiger partial charge on any atom is -0.436 e. The third kappa shape index (κ3) is 7.28. The zero-order chi connectivity index (χ0) is 32.5. The number of aromatic nitrogens is 3. The molecule has 1 unspecified atom stereocenters. The number of Topliss-reactive ketones (excluding diaryl/α,β-unsaturated/α-hetero) is 1. The van der Waals surface area contributed by atoms with Gasteiger partial charge in [-0.15, -0.1) is 0 Å². The SMILES string of the molecule is Cc1ccc(-n2nc(C(C)(C)C)cc2NC(=O)Nc2cccc(C(C(=O)c3nc(C)oc3C(F)(F)F)C3CCNCC3)c2)cc1. The van der Waals surface area contributed by atoms with Crippen LogP contribution in [0.15, 0.2) is 59.0 Å². The number of alkyl halides is 3. The minimum absolute atomic E-state index is 0.235. The van der Waals surface area contributed by atoms with Crippen LogP contribution >= 0.6 is 0 Å². The van der Waals surface area contributed by atoms with Gasteiger partial charge in [-0.1, -0.05) is 50.6 Å². The van der Waals surface area contributed by atoms with E-state index in [9.17, 15) is 22.8 Å². The molecule has 5 rings (SSSR count). The van der Waals surface area contributed by atoms with Crippen LogP contribution in [0.2, 0.25) is 0 Å². The Morgan fingerprint density at radius 3 is 2.33 bits per heavy atom. The van der Waals surface area contributed by atoms with Crippen LogP contribution in [-0.4, -0.2) is 39.7 Å². The van der Waals surface area contributed by atoms with Gasteiger partial charge in [0.1, 0.15) is 5.82 Å². The number of urea groups is 1. The van der Waals surface area contributed by atoms with Crippen molar-refractivity contribution in [2.75, 3.05) is 23.7 Å². The minimum atomic E-state index is -4.87. The predicted octanol–water partition coefficient (Wildman–Crippen LogP) is 7.40. The molecule has 4 aromatic rings. The molecule has 2 aromatic carbocycles. The van der Waals surface area contributed by atoms with Gasteiger partial charge in [0.05, 0.1) is 17.3 Å². The van der Waals surface area contributed by atoms with Crippen LogP contribution in [0, 0.1) is 19.8 Å². The van der Waals surface area contributed by atoms with Crippen LogP contribution in [-0.2, 0) is 11.6 Å². The average molecular weight is 623 g/mol. The second-order valence-electron chi connectivity index (χ2n) is 12.5. The van der Waals surface area contributed by atoms with Gasteiger partial charge in [0.2, 0.25) is 5.76 Å². The lowest BCUT2D eigenvalue weighted by atomic mass is 9.77. The molecule has 3 N–H and O–H groups in total. The zero-order valence-corrected chi connectivity index (χ0v) is 25.9. The van der Waals surface area contributed by atoms with Gasteiger partial charge in [0, 0.05) is 24.1 Å². The molecule has 3 heterocycles. The van der Waals surface area contributed by atoms with E-state index in [1.807, 2.05) is 58.0 Å². The summed E-state index contributed by atoms with van der Waals surface area (Å²) in [5, 5.41) is 13.7. The van der Waals surface area contributed by atoms with Crippen molar-refractivity contribution >= 4 is 23.3 Å². The van der Waals surface area contributed by atoms with Crippen molar-refractivity contribution in [1.29, 1.82) is 0 Å². The molecule has 1 fully saturated rings. The van der Waals surface area contributed by atoms with Gasteiger partial charge in [-0.25, -0.2) is 14.5 Å². The number of anilines is 2. The second-order valence-corrected chi connectivity index (χ2v) is 12.5. The van der Waals surface area contributed by atoms with Crippen molar-refractivity contribution in [3.05, 3.63) is 88.8 Å². The third-order valence-corrected chi connectivity index (χ3v) is 7.86. The molecule has 0 bridgehead atoms. The number of benzene rings is 2. The lowest BCUT2D eigenvalue weighted by Crippen LogP contribution is -2.34. The summed E-state index contributed by atoms with van der Waals surface area (Å²) >= 11 is 0. The number of amides is 2. The van der Waals surface area contributed by atoms with Crippen molar-refractivity contribution in [2.24, 2.45) is 5.92 Å². The van der Waals surface area contributed by atoms with Gasteiger partial charge >= 0.3 is 12.2 Å². The molecule has 45 heavy (non-hydrogen) atoms. The number of aryl methyl sites for hydroxylation is 2. The van der Waals surface area contributed by atoms with E-state index in [4.69, 9.17) is 9.52 Å². The molecule has 1 atom stereocenters. The highest BCUT2D eigenvalue weighted by molar-refractivity contribution is 6.02. The van der Waals surface area contributed by atoms with E-state index in [0.29, 0.717) is 43.0 Å². The van der Waals surface area contributed by atoms with Gasteiger partial charge in [0.25, 0.3) is 0 Å². The molecular formula is C33H37F3N6O3. The van der Waals surface area contributed by atoms with Crippen molar-refractivity contribution in [2.45, 2.75) is 65.0 Å². The normalized spacial score (nSPS) is 15.1. The first kappa shape index (κ1) is 32.0. The van der Waals surface area contributed by atoms with Crippen LogP contribution in [0.3, 0.4) is 0 Å². The van der Waals surface area contributed by atoms with Crippen LogP contribution in [0.5, 0.6) is 0 Å². The predicted molar refractivity (Wildman–Crippen MR) is 165 cm³/mol. The van der Waals surface area contributed by atoms with Crippen molar-refractivity contribution in [3.8, 4) is 5.69 Å². The van der Waals surface area contributed by atoms with Gasteiger partial charge in [-0.05, 0) is 68.6 Å². The number of ketones is 1. The largest absolute Gasteiger partial charge is 0.452 e. The van der Waals surface area contributed by atoms with E-state index in [0.717, 1.165) is 16.9 Å². The standard InChI is InChI=1S/C33H37F3N6O3/c1-19-9-11-24(12-10-19)42-26(18-25(41-42)32(3,4)5)40-31(44)39-23-8-6-7-22(17-23)27(21-13-15-37-16-14-21)29(43)28-30(33(34,35)36)45-20(2)38-28/h6-12,17-18,21,27,37H,13-16H2,1-5H3,(H2,39,40,44). The molecular weight excluding hydrogens is 585 g/mol. The Morgan fingerprint density at radius 2 is 1.69 bits per heavy atom. The fourth-order valence-corrected chi connectivity index (χ4v) is 5.56. The highest BCUT2D eigenvalue weighted by Gasteiger charge is 2.44. The number of oxazole rings is 1. The summed E-state index contributed by atoms with van der Waals surface area (Å²) in [5.74, 6) is -3.08. The summed E-state index contributed by atoms with van der Waals surface area (Å²) in [5.41, 5.74) is 2.51. The maximum Gasteiger partial charge on any atom is 0.452 e. The molecule has 0 saturated carbocycles. The highest BCUT2D eigenvalue weighted by Crippen LogP contribution is 2.39. The lowest BCUT2D eigenvalue weighted by Gasteiger charge is -2.30. The molecule has 1 aliphatic rings. The Bertz CT molecular complexity index is 1680. The number of carbonyl (C=O) groups excluding carboxylic acids is 2. The van der Waals surface area contributed by atoms with Crippen LogP contribution in [0.25, 0.3) is 5.69 Å². The molecule has 1 aliphatic heterocycles. The number of nitrogens with one attached hydrogen (secondary N) is 3. The molecule has 0 spiro atoms. The number of hydrogen-bond acceptors (Lipinski definition) is 6. The first-order valence-corrected chi connectivity index (χ1v) is 14.9.